The molecule has 3 rings (SSSR count). The predicted molar refractivity (Wildman–Crippen MR) is 129 cm³/mol. The molecule has 1 fully saturated rings. The summed E-state index contributed by atoms with van der Waals surface area (Å²) in [4.78, 5) is 16.6. The molecule has 0 bridgehead atoms. The molecule has 33 heavy (non-hydrogen) atoms. The molecule has 1 saturated carbocycles. The van der Waals surface area contributed by atoms with Crippen molar-refractivity contribution in [3.8, 4) is 10.4 Å². The van der Waals surface area contributed by atoms with Gasteiger partial charge in [-0.15, -0.1) is 11.3 Å². The zero-order valence-corrected chi connectivity index (χ0v) is 21.0. The van der Waals surface area contributed by atoms with Gasteiger partial charge in [0, 0.05) is 30.8 Å². The highest BCUT2D eigenvalue weighted by Gasteiger charge is 2.27. The lowest BCUT2D eigenvalue weighted by atomic mass is 9.88. The quantitative estimate of drug-likeness (QED) is 0.504. The molecule has 1 aliphatic carbocycles. The van der Waals surface area contributed by atoms with Crippen LogP contribution in [0.15, 0.2) is 29.3 Å². The van der Waals surface area contributed by atoms with Crippen molar-refractivity contribution in [3.63, 3.8) is 0 Å². The summed E-state index contributed by atoms with van der Waals surface area (Å²) in [7, 11) is -3.67. The van der Waals surface area contributed by atoms with Gasteiger partial charge in [-0.2, -0.15) is 0 Å². The number of rotatable bonds is 10. The van der Waals surface area contributed by atoms with E-state index in [9.17, 15) is 13.2 Å². The van der Waals surface area contributed by atoms with Crippen LogP contribution in [-0.2, 0) is 26.1 Å². The maximum Gasteiger partial charge on any atom is 0.404 e. The maximum absolute atomic E-state index is 13.0. The summed E-state index contributed by atoms with van der Waals surface area (Å²) in [5, 5.41) is 0.971. The Bertz CT molecular complexity index is 1040. The second kappa shape index (κ2) is 11.4. The smallest absolute Gasteiger partial charge is 0.404 e. The van der Waals surface area contributed by atoms with Crippen LogP contribution >= 0.6 is 11.3 Å². The minimum Gasteiger partial charge on any atom is -0.446 e. The summed E-state index contributed by atoms with van der Waals surface area (Å²) in [6.07, 6.45) is 4.06. The standard InChI is InChI=1S/C23H33N3O5S2/c1-4-26-33(28,29)21-11-16(14-30-13-15(2)3)5-10-19(21)20-12-25-22(32-20)17-6-8-18(9-7-17)31-23(24)27/h5,10-12,15,17-18,26H,4,6-9,13-14H2,1-3H3,(H2,24,27)/t17-,18-. The topological polar surface area (TPSA) is 121 Å². The molecule has 2 aromatic rings. The summed E-state index contributed by atoms with van der Waals surface area (Å²) in [5.74, 6) is 0.663. The molecule has 0 unspecified atom stereocenters. The van der Waals surface area contributed by atoms with Crippen LogP contribution in [0.5, 0.6) is 0 Å². The molecule has 0 aliphatic heterocycles. The SMILES string of the molecule is CCNS(=O)(=O)c1cc(COCC(C)C)ccc1-c1cnc([C@H]2CC[C@H](OC(N)=O)CC2)s1. The van der Waals surface area contributed by atoms with Gasteiger partial charge in [0.25, 0.3) is 0 Å². The highest BCUT2D eigenvalue weighted by atomic mass is 32.2. The number of nitrogens with zero attached hydrogens (tertiary/aromatic N) is 1. The first-order chi connectivity index (χ1) is 15.7. The van der Waals surface area contributed by atoms with Crippen molar-refractivity contribution in [2.75, 3.05) is 13.2 Å². The van der Waals surface area contributed by atoms with Gasteiger partial charge in [-0.1, -0.05) is 32.9 Å². The first-order valence-electron chi connectivity index (χ1n) is 11.3. The predicted octanol–water partition coefficient (Wildman–Crippen LogP) is 4.40. The molecule has 8 nitrogen and oxygen atoms in total. The number of hydrogen-bond donors (Lipinski definition) is 2. The molecular weight excluding hydrogens is 462 g/mol. The number of carbonyl (C=O) groups excluding carboxylic acids is 1. The lowest BCUT2D eigenvalue weighted by Gasteiger charge is -2.26. The van der Waals surface area contributed by atoms with Gasteiger partial charge in [0.2, 0.25) is 10.0 Å². The van der Waals surface area contributed by atoms with Gasteiger partial charge < -0.3 is 15.2 Å². The second-order valence-electron chi connectivity index (χ2n) is 8.71. The lowest BCUT2D eigenvalue weighted by Crippen LogP contribution is -2.26. The average molecular weight is 496 g/mol. The zero-order chi connectivity index (χ0) is 24.0. The van der Waals surface area contributed by atoms with E-state index in [4.69, 9.17) is 15.2 Å². The van der Waals surface area contributed by atoms with E-state index in [1.165, 1.54) is 11.3 Å². The number of nitrogens with two attached hydrogens (primary N) is 1. The Balaban J connectivity index is 1.82. The highest BCUT2D eigenvalue weighted by Crippen LogP contribution is 2.40. The normalized spacial score (nSPS) is 19.0. The summed E-state index contributed by atoms with van der Waals surface area (Å²) in [6.45, 7) is 7.18. The number of primary amides is 1. The van der Waals surface area contributed by atoms with Gasteiger partial charge in [-0.3, -0.25) is 0 Å². The van der Waals surface area contributed by atoms with Gasteiger partial charge in [-0.05, 0) is 43.2 Å². The van der Waals surface area contributed by atoms with Crippen LogP contribution in [0.1, 0.15) is 62.9 Å². The van der Waals surface area contributed by atoms with E-state index in [-0.39, 0.29) is 16.9 Å². The minimum absolute atomic E-state index is 0.138. The number of ether oxygens (including phenoxy) is 2. The minimum atomic E-state index is -3.67. The lowest BCUT2D eigenvalue weighted by molar-refractivity contribution is 0.0787. The van der Waals surface area contributed by atoms with E-state index in [2.05, 4.69) is 23.6 Å². The summed E-state index contributed by atoms with van der Waals surface area (Å²) < 4.78 is 39.4. The van der Waals surface area contributed by atoms with Crippen LogP contribution in [0, 0.1) is 5.92 Å². The number of sulfonamides is 1. The van der Waals surface area contributed by atoms with Gasteiger partial charge in [0.1, 0.15) is 6.10 Å². The summed E-state index contributed by atoms with van der Waals surface area (Å²) in [6, 6.07) is 5.44. The molecule has 0 radical (unpaired) electrons. The summed E-state index contributed by atoms with van der Waals surface area (Å²) in [5.41, 5.74) is 6.58. The number of nitrogens with one attached hydrogen (secondary N) is 1. The zero-order valence-electron chi connectivity index (χ0n) is 19.4. The molecule has 1 amide bonds. The molecule has 0 atom stereocenters. The Morgan fingerprint density at radius 1 is 1.27 bits per heavy atom. The molecule has 1 aliphatic rings. The van der Waals surface area contributed by atoms with Gasteiger partial charge >= 0.3 is 6.09 Å². The van der Waals surface area contributed by atoms with Gasteiger partial charge in [0.05, 0.1) is 21.4 Å². The molecule has 182 valence electrons. The third-order valence-corrected chi connectivity index (χ3v) is 8.26. The Morgan fingerprint density at radius 2 is 2.00 bits per heavy atom. The fourth-order valence-corrected chi connectivity index (χ4v) is 6.46. The third-order valence-electron chi connectivity index (χ3n) is 5.49. The number of benzene rings is 1. The number of hydrogen-bond acceptors (Lipinski definition) is 7. The van der Waals surface area contributed by atoms with Gasteiger partial charge in [0.15, 0.2) is 0 Å². The Hall–Kier alpha value is -2.01. The van der Waals surface area contributed by atoms with Crippen molar-refractivity contribution in [1.82, 2.24) is 9.71 Å². The molecule has 1 aromatic heterocycles. The number of carbonyl (C=O) groups is 1. The maximum atomic E-state index is 13.0. The number of amides is 1. The fourth-order valence-electron chi connectivity index (χ4n) is 3.96. The average Bonchev–Trinajstić information content (AvgIpc) is 3.23. The molecule has 0 spiro atoms. The summed E-state index contributed by atoms with van der Waals surface area (Å²) >= 11 is 1.52. The van der Waals surface area contributed by atoms with Crippen molar-refractivity contribution < 1.29 is 22.7 Å². The first-order valence-corrected chi connectivity index (χ1v) is 13.6. The molecular formula is C23H33N3O5S2. The van der Waals surface area contributed by atoms with Crippen molar-refractivity contribution in [3.05, 3.63) is 35.0 Å². The monoisotopic (exact) mass is 495 g/mol. The van der Waals surface area contributed by atoms with E-state index >= 15 is 0 Å². The largest absolute Gasteiger partial charge is 0.446 e. The van der Waals surface area contributed by atoms with Crippen LogP contribution in [0.25, 0.3) is 10.4 Å². The Kier molecular flexibility index (Phi) is 8.86. The van der Waals surface area contributed by atoms with Crippen LogP contribution in [0.2, 0.25) is 0 Å². The molecule has 3 N–H and O–H groups in total. The number of thiazole rings is 1. The molecule has 1 heterocycles. The second-order valence-corrected chi connectivity index (χ2v) is 11.5. The van der Waals surface area contributed by atoms with Crippen molar-refractivity contribution >= 4 is 27.5 Å². The van der Waals surface area contributed by atoms with Crippen LogP contribution < -0.4 is 10.5 Å². The fraction of sp³-hybridized carbons (Fsp3) is 0.565. The van der Waals surface area contributed by atoms with Crippen LogP contribution in [0.4, 0.5) is 4.79 Å². The highest BCUT2D eigenvalue weighted by molar-refractivity contribution is 7.89. The Labute approximate surface area is 199 Å². The van der Waals surface area contributed by atoms with E-state index < -0.39 is 16.1 Å². The van der Waals surface area contributed by atoms with Crippen LogP contribution in [0.3, 0.4) is 0 Å². The first kappa shape index (κ1) is 25.6. The van der Waals surface area contributed by atoms with E-state index in [0.29, 0.717) is 31.2 Å². The molecule has 1 aromatic carbocycles. The van der Waals surface area contributed by atoms with Crippen molar-refractivity contribution in [2.24, 2.45) is 11.7 Å². The van der Waals surface area contributed by atoms with Crippen molar-refractivity contribution in [1.29, 1.82) is 0 Å². The van der Waals surface area contributed by atoms with Crippen molar-refractivity contribution in [2.45, 2.75) is 70.0 Å². The van der Waals surface area contributed by atoms with E-state index in [0.717, 1.165) is 41.1 Å². The third kappa shape index (κ3) is 6.99. The van der Waals surface area contributed by atoms with E-state index in [1.54, 1.807) is 19.2 Å². The van der Waals surface area contributed by atoms with Crippen LogP contribution in [-0.4, -0.2) is 38.8 Å². The van der Waals surface area contributed by atoms with E-state index in [1.807, 2.05) is 12.1 Å². The van der Waals surface area contributed by atoms with Gasteiger partial charge in [-0.25, -0.2) is 22.9 Å². The molecule has 0 saturated heterocycles. The molecule has 10 heteroatoms. The Morgan fingerprint density at radius 3 is 2.64 bits per heavy atom. The number of aromatic nitrogens is 1.